The molecule has 1 aliphatic rings. The van der Waals surface area contributed by atoms with E-state index in [2.05, 4.69) is 23.1 Å². The van der Waals surface area contributed by atoms with Crippen molar-refractivity contribution in [3.05, 3.63) is 29.8 Å². The number of hydrogen-bond donors (Lipinski definition) is 0. The van der Waals surface area contributed by atoms with Gasteiger partial charge in [-0.2, -0.15) is 0 Å². The number of methoxy groups -OCH3 is 1. The number of rotatable bonds is 10. The summed E-state index contributed by atoms with van der Waals surface area (Å²) in [6.45, 7) is 5.35. The first-order valence-corrected chi connectivity index (χ1v) is 8.81. The Labute approximate surface area is 135 Å². The van der Waals surface area contributed by atoms with Gasteiger partial charge in [0, 0.05) is 13.1 Å². The SMILES string of the molecule is COc1cccc(CCCCCCCCN2CCOCC2)c1. The van der Waals surface area contributed by atoms with E-state index >= 15 is 0 Å². The zero-order valence-electron chi connectivity index (χ0n) is 14.1. The predicted molar refractivity (Wildman–Crippen MR) is 91.7 cm³/mol. The average Bonchev–Trinajstić information content (AvgIpc) is 2.58. The third-order valence-electron chi connectivity index (χ3n) is 4.43. The van der Waals surface area contributed by atoms with E-state index in [4.69, 9.17) is 9.47 Å². The first-order chi connectivity index (χ1) is 10.9. The van der Waals surface area contributed by atoms with E-state index in [0.29, 0.717) is 0 Å². The van der Waals surface area contributed by atoms with Crippen LogP contribution >= 0.6 is 0 Å². The molecule has 0 aromatic heterocycles. The Morgan fingerprint density at radius 3 is 2.50 bits per heavy atom. The van der Waals surface area contributed by atoms with Crippen LogP contribution in [0.3, 0.4) is 0 Å². The topological polar surface area (TPSA) is 21.7 Å². The van der Waals surface area contributed by atoms with Gasteiger partial charge in [0.15, 0.2) is 0 Å². The van der Waals surface area contributed by atoms with E-state index in [-0.39, 0.29) is 0 Å². The molecule has 1 aliphatic heterocycles. The van der Waals surface area contributed by atoms with Gasteiger partial charge < -0.3 is 9.47 Å². The Hall–Kier alpha value is -1.06. The fourth-order valence-corrected chi connectivity index (χ4v) is 3.02. The minimum absolute atomic E-state index is 0.921. The second-order valence-electron chi connectivity index (χ2n) is 6.18. The van der Waals surface area contributed by atoms with Gasteiger partial charge in [0.05, 0.1) is 20.3 Å². The maximum atomic E-state index is 5.37. The first kappa shape index (κ1) is 17.3. The summed E-state index contributed by atoms with van der Waals surface area (Å²) in [7, 11) is 1.73. The lowest BCUT2D eigenvalue weighted by molar-refractivity contribution is 0.0371. The molecule has 22 heavy (non-hydrogen) atoms. The lowest BCUT2D eigenvalue weighted by Gasteiger charge is -2.26. The fourth-order valence-electron chi connectivity index (χ4n) is 3.02. The summed E-state index contributed by atoms with van der Waals surface area (Å²) < 4.78 is 10.6. The van der Waals surface area contributed by atoms with Crippen molar-refractivity contribution in [3.8, 4) is 5.75 Å². The Kier molecular flexibility index (Phi) is 8.36. The molecule has 0 bridgehead atoms. The van der Waals surface area contributed by atoms with Crippen LogP contribution in [0.5, 0.6) is 5.75 Å². The van der Waals surface area contributed by atoms with Crippen LogP contribution in [0.25, 0.3) is 0 Å². The maximum absolute atomic E-state index is 5.37. The average molecular weight is 305 g/mol. The molecule has 0 spiro atoms. The molecule has 0 atom stereocenters. The van der Waals surface area contributed by atoms with Gasteiger partial charge in [-0.3, -0.25) is 4.90 Å². The minimum atomic E-state index is 0.921. The number of hydrogen-bond acceptors (Lipinski definition) is 3. The van der Waals surface area contributed by atoms with Gasteiger partial charge >= 0.3 is 0 Å². The van der Waals surface area contributed by atoms with E-state index < -0.39 is 0 Å². The third kappa shape index (κ3) is 6.80. The molecule has 2 rings (SSSR count). The van der Waals surface area contributed by atoms with Crippen LogP contribution in [0.15, 0.2) is 24.3 Å². The Morgan fingerprint density at radius 2 is 1.73 bits per heavy atom. The smallest absolute Gasteiger partial charge is 0.119 e. The number of morpholine rings is 1. The zero-order chi connectivity index (χ0) is 15.5. The Balaban J connectivity index is 1.44. The highest BCUT2D eigenvalue weighted by Crippen LogP contribution is 2.15. The summed E-state index contributed by atoms with van der Waals surface area (Å²) in [6.07, 6.45) is 9.26. The van der Waals surface area contributed by atoms with E-state index in [1.807, 2.05) is 6.07 Å². The molecular formula is C19H31NO2. The van der Waals surface area contributed by atoms with Crippen molar-refractivity contribution in [2.45, 2.75) is 44.9 Å². The molecule has 0 unspecified atom stereocenters. The van der Waals surface area contributed by atoms with Crippen LogP contribution in [0, 0.1) is 0 Å². The van der Waals surface area contributed by atoms with Gasteiger partial charge in [0.2, 0.25) is 0 Å². The van der Waals surface area contributed by atoms with Crippen molar-refractivity contribution in [1.29, 1.82) is 0 Å². The predicted octanol–water partition coefficient (Wildman–Crippen LogP) is 3.91. The molecule has 0 amide bonds. The highest BCUT2D eigenvalue weighted by molar-refractivity contribution is 5.28. The number of unbranched alkanes of at least 4 members (excludes halogenated alkanes) is 5. The monoisotopic (exact) mass is 305 g/mol. The number of nitrogens with zero attached hydrogens (tertiary/aromatic N) is 1. The fraction of sp³-hybridized carbons (Fsp3) is 0.684. The molecule has 0 N–H and O–H groups in total. The molecule has 1 fully saturated rings. The van der Waals surface area contributed by atoms with Crippen molar-refractivity contribution >= 4 is 0 Å². The Morgan fingerprint density at radius 1 is 1.00 bits per heavy atom. The molecule has 3 nitrogen and oxygen atoms in total. The van der Waals surface area contributed by atoms with E-state index in [1.54, 1.807) is 7.11 Å². The van der Waals surface area contributed by atoms with Gasteiger partial charge in [-0.25, -0.2) is 0 Å². The first-order valence-electron chi connectivity index (χ1n) is 8.81. The van der Waals surface area contributed by atoms with Crippen molar-refractivity contribution in [3.63, 3.8) is 0 Å². The van der Waals surface area contributed by atoms with Crippen LogP contribution in [0.2, 0.25) is 0 Å². The Bertz CT molecular complexity index is 402. The summed E-state index contributed by atoms with van der Waals surface area (Å²) in [5, 5.41) is 0. The molecule has 0 saturated carbocycles. The molecule has 1 saturated heterocycles. The number of aryl methyl sites for hydroxylation is 1. The van der Waals surface area contributed by atoms with Gasteiger partial charge in [-0.1, -0.05) is 37.8 Å². The summed E-state index contributed by atoms with van der Waals surface area (Å²) >= 11 is 0. The van der Waals surface area contributed by atoms with Crippen LogP contribution in [-0.4, -0.2) is 44.9 Å². The second kappa shape index (κ2) is 10.6. The molecule has 1 aromatic carbocycles. The maximum Gasteiger partial charge on any atom is 0.119 e. The second-order valence-corrected chi connectivity index (χ2v) is 6.18. The van der Waals surface area contributed by atoms with Crippen LogP contribution in [0.1, 0.15) is 44.1 Å². The van der Waals surface area contributed by atoms with Gasteiger partial charge in [0.1, 0.15) is 5.75 Å². The molecule has 0 aliphatic carbocycles. The summed E-state index contributed by atoms with van der Waals surface area (Å²) in [5.74, 6) is 0.973. The van der Waals surface area contributed by atoms with E-state index in [0.717, 1.165) is 32.1 Å². The molecular weight excluding hydrogens is 274 g/mol. The largest absolute Gasteiger partial charge is 0.497 e. The van der Waals surface area contributed by atoms with Crippen molar-refractivity contribution in [2.24, 2.45) is 0 Å². The minimum Gasteiger partial charge on any atom is -0.497 e. The summed E-state index contributed by atoms with van der Waals surface area (Å²) in [5.41, 5.74) is 1.40. The van der Waals surface area contributed by atoms with Gasteiger partial charge in [-0.15, -0.1) is 0 Å². The van der Waals surface area contributed by atoms with E-state index in [1.165, 1.54) is 57.1 Å². The highest BCUT2D eigenvalue weighted by atomic mass is 16.5. The molecule has 3 heteroatoms. The number of benzene rings is 1. The van der Waals surface area contributed by atoms with E-state index in [9.17, 15) is 0 Å². The van der Waals surface area contributed by atoms with Crippen LogP contribution < -0.4 is 4.74 Å². The summed E-state index contributed by atoms with van der Waals surface area (Å²) in [6, 6.07) is 8.45. The lowest BCUT2D eigenvalue weighted by Crippen LogP contribution is -2.36. The molecule has 124 valence electrons. The van der Waals surface area contributed by atoms with Crippen LogP contribution in [0.4, 0.5) is 0 Å². The summed E-state index contributed by atoms with van der Waals surface area (Å²) in [4.78, 5) is 2.53. The lowest BCUT2D eigenvalue weighted by atomic mass is 10.0. The van der Waals surface area contributed by atoms with Gasteiger partial charge in [0.25, 0.3) is 0 Å². The highest BCUT2D eigenvalue weighted by Gasteiger charge is 2.08. The molecule has 1 heterocycles. The van der Waals surface area contributed by atoms with Crippen LogP contribution in [-0.2, 0) is 11.2 Å². The van der Waals surface area contributed by atoms with Crippen molar-refractivity contribution in [2.75, 3.05) is 40.0 Å². The quantitative estimate of drug-likeness (QED) is 0.612. The van der Waals surface area contributed by atoms with Gasteiger partial charge in [-0.05, 0) is 43.5 Å². The van der Waals surface area contributed by atoms with Crippen molar-refractivity contribution in [1.82, 2.24) is 4.90 Å². The normalized spacial score (nSPS) is 15.9. The van der Waals surface area contributed by atoms with Crippen molar-refractivity contribution < 1.29 is 9.47 Å². The standard InChI is InChI=1S/C19H31NO2/c1-21-19-11-8-10-18(17-19)9-6-4-2-3-5-7-12-20-13-15-22-16-14-20/h8,10-11,17H,2-7,9,12-16H2,1H3. The molecule has 1 aromatic rings. The number of ether oxygens (including phenoxy) is 2. The third-order valence-corrected chi connectivity index (χ3v) is 4.43. The molecule has 0 radical (unpaired) electrons. The zero-order valence-corrected chi connectivity index (χ0v) is 14.1.